The monoisotopic (exact) mass is 311 g/mol. The standard InChI is InChI=1S/C16H34O.3Na/c1-2-3-4-5-6-7-8-9-10-11-12-13-14-15-16-17;;;/h17H,2-16H2,1H3;;;/q;3*+1. The number of hydrogen-bond donors (Lipinski definition) is 1. The Balaban J connectivity index is -0.000000427. The number of hydrogen-bond acceptors (Lipinski definition) is 1. The Hall–Kier alpha value is 2.96. The molecule has 0 amide bonds. The maximum absolute atomic E-state index is 8.64. The molecule has 0 spiro atoms. The summed E-state index contributed by atoms with van der Waals surface area (Å²) in [7, 11) is 0. The molecule has 1 nitrogen and oxygen atoms in total. The first-order valence-electron chi connectivity index (χ1n) is 8.02. The number of aliphatic hydroxyl groups is 1. The van der Waals surface area contributed by atoms with E-state index < -0.39 is 0 Å². The van der Waals surface area contributed by atoms with Crippen LogP contribution < -0.4 is 88.7 Å². The van der Waals surface area contributed by atoms with Gasteiger partial charge in [-0.2, -0.15) is 0 Å². The van der Waals surface area contributed by atoms with E-state index in [2.05, 4.69) is 6.92 Å². The quantitative estimate of drug-likeness (QED) is 0.260. The average Bonchev–Trinajstić information content (AvgIpc) is 2.35. The van der Waals surface area contributed by atoms with Gasteiger partial charge in [0, 0.05) is 6.61 Å². The van der Waals surface area contributed by atoms with E-state index in [1.807, 2.05) is 0 Å². The van der Waals surface area contributed by atoms with Crippen molar-refractivity contribution in [2.45, 2.75) is 96.8 Å². The van der Waals surface area contributed by atoms with Crippen LogP contribution in [0.25, 0.3) is 0 Å². The van der Waals surface area contributed by atoms with E-state index in [-0.39, 0.29) is 88.7 Å². The average molecular weight is 311 g/mol. The Bertz CT molecular complexity index is 121. The molecule has 0 radical (unpaired) electrons. The van der Waals surface area contributed by atoms with Gasteiger partial charge < -0.3 is 5.11 Å². The summed E-state index contributed by atoms with van der Waals surface area (Å²) in [6, 6.07) is 0. The normalized spacial score (nSPS) is 9.30. The van der Waals surface area contributed by atoms with Gasteiger partial charge in [-0.1, -0.05) is 90.4 Å². The predicted octanol–water partition coefficient (Wildman–Crippen LogP) is -3.53. The maximum Gasteiger partial charge on any atom is 1.00 e. The molecule has 0 aromatic carbocycles. The fourth-order valence-electron chi connectivity index (χ4n) is 2.31. The van der Waals surface area contributed by atoms with Crippen molar-refractivity contribution in [3.8, 4) is 0 Å². The van der Waals surface area contributed by atoms with Crippen molar-refractivity contribution in [3.05, 3.63) is 0 Å². The second-order valence-electron chi connectivity index (χ2n) is 5.32. The minimum absolute atomic E-state index is 0. The van der Waals surface area contributed by atoms with Crippen molar-refractivity contribution in [2.75, 3.05) is 6.61 Å². The Morgan fingerprint density at radius 2 is 0.700 bits per heavy atom. The van der Waals surface area contributed by atoms with Gasteiger partial charge in [-0.3, -0.25) is 0 Å². The molecule has 104 valence electrons. The van der Waals surface area contributed by atoms with Gasteiger partial charge in [0.05, 0.1) is 0 Å². The smallest absolute Gasteiger partial charge is 0.396 e. The van der Waals surface area contributed by atoms with E-state index in [9.17, 15) is 0 Å². The molecule has 4 heteroatoms. The molecule has 0 saturated carbocycles. The van der Waals surface area contributed by atoms with Crippen molar-refractivity contribution in [1.29, 1.82) is 0 Å². The minimum Gasteiger partial charge on any atom is -0.396 e. The van der Waals surface area contributed by atoms with Crippen LogP contribution in [-0.4, -0.2) is 11.7 Å². The summed E-state index contributed by atoms with van der Waals surface area (Å²) in [5.74, 6) is 0. The van der Waals surface area contributed by atoms with E-state index in [1.165, 1.54) is 83.5 Å². The molecule has 0 rings (SSSR count). The SMILES string of the molecule is CCCCCCCCCCCCCCCCO.[Na+].[Na+].[Na+]. The van der Waals surface area contributed by atoms with Gasteiger partial charge in [0.25, 0.3) is 0 Å². The van der Waals surface area contributed by atoms with Gasteiger partial charge in [-0.25, -0.2) is 0 Å². The molecule has 0 unspecified atom stereocenters. The van der Waals surface area contributed by atoms with Crippen molar-refractivity contribution >= 4 is 0 Å². The van der Waals surface area contributed by atoms with Crippen molar-refractivity contribution in [1.82, 2.24) is 0 Å². The summed E-state index contributed by atoms with van der Waals surface area (Å²) in [4.78, 5) is 0. The Labute approximate surface area is 194 Å². The number of aliphatic hydroxyl groups excluding tert-OH is 1. The van der Waals surface area contributed by atoms with E-state index in [1.54, 1.807) is 0 Å². The predicted molar refractivity (Wildman–Crippen MR) is 77.4 cm³/mol. The van der Waals surface area contributed by atoms with Gasteiger partial charge in [0.2, 0.25) is 0 Å². The molecule has 0 aromatic heterocycles. The molecule has 0 bridgehead atoms. The Morgan fingerprint density at radius 1 is 0.450 bits per heavy atom. The zero-order chi connectivity index (χ0) is 12.6. The first-order chi connectivity index (χ1) is 8.41. The summed E-state index contributed by atoms with van der Waals surface area (Å²) in [5, 5.41) is 8.64. The zero-order valence-electron chi connectivity index (χ0n) is 15.1. The molecule has 0 aliphatic rings. The van der Waals surface area contributed by atoms with Gasteiger partial charge in [0.1, 0.15) is 0 Å². The van der Waals surface area contributed by atoms with E-state index in [0.717, 1.165) is 6.42 Å². The molecule has 0 aromatic rings. The van der Waals surface area contributed by atoms with Crippen LogP contribution in [0.1, 0.15) is 96.8 Å². The van der Waals surface area contributed by atoms with Crippen LogP contribution in [0.3, 0.4) is 0 Å². The van der Waals surface area contributed by atoms with Gasteiger partial charge >= 0.3 is 88.7 Å². The van der Waals surface area contributed by atoms with E-state index >= 15 is 0 Å². The van der Waals surface area contributed by atoms with Gasteiger partial charge in [-0.15, -0.1) is 0 Å². The summed E-state index contributed by atoms with van der Waals surface area (Å²) < 4.78 is 0. The summed E-state index contributed by atoms with van der Waals surface area (Å²) in [6.45, 7) is 2.65. The second kappa shape index (κ2) is 29.9. The van der Waals surface area contributed by atoms with Crippen LogP contribution in [-0.2, 0) is 0 Å². The van der Waals surface area contributed by atoms with E-state index in [4.69, 9.17) is 5.11 Å². The van der Waals surface area contributed by atoms with Crippen molar-refractivity contribution in [2.24, 2.45) is 0 Å². The second-order valence-corrected chi connectivity index (χ2v) is 5.32. The van der Waals surface area contributed by atoms with Crippen LogP contribution >= 0.6 is 0 Å². The summed E-state index contributed by atoms with van der Waals surface area (Å²) >= 11 is 0. The van der Waals surface area contributed by atoms with Crippen molar-refractivity contribution < 1.29 is 93.8 Å². The number of unbranched alkanes of at least 4 members (excludes halogenated alkanes) is 13. The van der Waals surface area contributed by atoms with Crippen molar-refractivity contribution in [3.63, 3.8) is 0 Å². The van der Waals surface area contributed by atoms with Crippen LogP contribution in [0.2, 0.25) is 0 Å². The third-order valence-corrected chi connectivity index (χ3v) is 3.51. The van der Waals surface area contributed by atoms with Crippen LogP contribution in [0, 0.1) is 0 Å². The molecule has 0 aliphatic heterocycles. The molecule has 0 aliphatic carbocycles. The summed E-state index contributed by atoms with van der Waals surface area (Å²) in [5.41, 5.74) is 0. The Kier molecular flexibility index (Phi) is 46.1. The molecule has 0 saturated heterocycles. The first-order valence-corrected chi connectivity index (χ1v) is 8.02. The van der Waals surface area contributed by atoms with Crippen LogP contribution in [0.15, 0.2) is 0 Å². The fraction of sp³-hybridized carbons (Fsp3) is 1.00. The fourth-order valence-corrected chi connectivity index (χ4v) is 2.31. The third kappa shape index (κ3) is 29.0. The molecular formula is C16H34Na3O+3. The largest absolute Gasteiger partial charge is 1.00 e. The van der Waals surface area contributed by atoms with E-state index in [0.29, 0.717) is 6.61 Å². The molecule has 0 heterocycles. The van der Waals surface area contributed by atoms with Gasteiger partial charge in [-0.05, 0) is 6.42 Å². The first kappa shape index (κ1) is 30.8. The number of rotatable bonds is 14. The van der Waals surface area contributed by atoms with Crippen LogP contribution in [0.4, 0.5) is 0 Å². The minimum atomic E-state index is 0. The van der Waals surface area contributed by atoms with Gasteiger partial charge in [0.15, 0.2) is 0 Å². The third-order valence-electron chi connectivity index (χ3n) is 3.51. The topological polar surface area (TPSA) is 20.2 Å². The molecule has 0 atom stereocenters. The Morgan fingerprint density at radius 3 is 0.950 bits per heavy atom. The summed E-state index contributed by atoms with van der Waals surface area (Å²) in [6.07, 6.45) is 19.2. The van der Waals surface area contributed by atoms with Crippen LogP contribution in [0.5, 0.6) is 0 Å². The zero-order valence-corrected chi connectivity index (χ0v) is 21.1. The molecular weight excluding hydrogens is 277 g/mol. The molecule has 20 heavy (non-hydrogen) atoms. The molecule has 1 N–H and O–H groups in total. The maximum atomic E-state index is 8.64. The molecule has 0 fully saturated rings.